The number of amides is 2. The van der Waals surface area contributed by atoms with Crippen LogP contribution in [0.2, 0.25) is 5.02 Å². The highest BCUT2D eigenvalue weighted by atomic mass is 35.5. The Bertz CT molecular complexity index is 1160. The van der Waals surface area contributed by atoms with E-state index < -0.39 is 11.8 Å². The van der Waals surface area contributed by atoms with E-state index in [1.165, 1.54) is 14.2 Å². The number of carbonyl (C=O) groups is 2. The summed E-state index contributed by atoms with van der Waals surface area (Å²) in [6, 6.07) is 14.5. The molecular weight excluding hydrogens is 444 g/mol. The van der Waals surface area contributed by atoms with Crippen LogP contribution in [0.5, 0.6) is 11.5 Å². The number of benzene rings is 2. The molecule has 7 nitrogen and oxygen atoms in total. The molecule has 0 atom stereocenters. The van der Waals surface area contributed by atoms with Crippen LogP contribution in [0.4, 0.5) is 0 Å². The third kappa shape index (κ3) is 5.43. The molecule has 2 aromatic carbocycles. The summed E-state index contributed by atoms with van der Waals surface area (Å²) in [7, 11) is 3.00. The molecule has 0 aliphatic carbocycles. The second-order valence-electron chi connectivity index (χ2n) is 7.25. The first-order chi connectivity index (χ1) is 15.9. The number of rotatable bonds is 8. The van der Waals surface area contributed by atoms with Gasteiger partial charge >= 0.3 is 0 Å². The van der Waals surface area contributed by atoms with E-state index in [0.717, 1.165) is 10.5 Å². The van der Waals surface area contributed by atoms with E-state index in [4.69, 9.17) is 25.8 Å². The molecule has 0 saturated heterocycles. The van der Waals surface area contributed by atoms with Crippen LogP contribution in [0.25, 0.3) is 6.08 Å². The van der Waals surface area contributed by atoms with Gasteiger partial charge in [-0.1, -0.05) is 29.8 Å². The summed E-state index contributed by atoms with van der Waals surface area (Å²) in [4.78, 5) is 26.6. The lowest BCUT2D eigenvalue weighted by Gasteiger charge is -2.27. The van der Waals surface area contributed by atoms with E-state index in [2.05, 4.69) is 0 Å². The van der Waals surface area contributed by atoms with Crippen LogP contribution in [-0.4, -0.2) is 44.1 Å². The number of ether oxygens (including phenoxy) is 3. The number of imide groups is 1. The molecule has 0 spiro atoms. The lowest BCUT2D eigenvalue weighted by Crippen LogP contribution is -2.44. The van der Waals surface area contributed by atoms with Crippen molar-refractivity contribution in [2.45, 2.75) is 13.5 Å². The summed E-state index contributed by atoms with van der Waals surface area (Å²) in [5, 5.41) is 10.1. The van der Waals surface area contributed by atoms with Gasteiger partial charge in [-0.25, -0.2) is 0 Å². The fourth-order valence-corrected chi connectivity index (χ4v) is 3.44. The minimum atomic E-state index is -0.613. The third-order valence-corrected chi connectivity index (χ3v) is 5.40. The molecule has 1 aliphatic heterocycles. The molecule has 170 valence electrons. The number of halogens is 1. The first-order valence-corrected chi connectivity index (χ1v) is 10.5. The fourth-order valence-electron chi connectivity index (χ4n) is 3.32. The second-order valence-corrected chi connectivity index (χ2v) is 7.69. The highest BCUT2D eigenvalue weighted by Crippen LogP contribution is 2.32. The summed E-state index contributed by atoms with van der Waals surface area (Å²) in [6.07, 6.45) is 1.63. The van der Waals surface area contributed by atoms with Gasteiger partial charge < -0.3 is 14.2 Å². The molecule has 0 N–H and O–H groups in total. The van der Waals surface area contributed by atoms with Gasteiger partial charge in [-0.3, -0.25) is 14.5 Å². The smallest absolute Gasteiger partial charge is 0.271 e. The van der Waals surface area contributed by atoms with Crippen molar-refractivity contribution >= 4 is 29.5 Å². The maximum Gasteiger partial charge on any atom is 0.271 e. The van der Waals surface area contributed by atoms with E-state index in [1.54, 1.807) is 43.3 Å². The van der Waals surface area contributed by atoms with Crippen LogP contribution in [0.3, 0.4) is 0 Å². The van der Waals surface area contributed by atoms with Crippen molar-refractivity contribution in [2.75, 3.05) is 27.4 Å². The number of carbonyl (C=O) groups excluding carboxylic acids is 2. The zero-order valence-corrected chi connectivity index (χ0v) is 19.3. The molecule has 1 heterocycles. The number of nitrogens with zero attached hydrogens (tertiary/aromatic N) is 2. The summed E-state index contributed by atoms with van der Waals surface area (Å²) in [5.74, 6) is -0.0733. The van der Waals surface area contributed by atoms with Gasteiger partial charge in [0.15, 0.2) is 11.5 Å². The molecule has 0 fully saturated rings. The zero-order valence-electron chi connectivity index (χ0n) is 18.6. The van der Waals surface area contributed by atoms with Crippen molar-refractivity contribution in [1.82, 2.24) is 4.90 Å². The molecule has 8 heteroatoms. The van der Waals surface area contributed by atoms with Crippen LogP contribution in [0.1, 0.15) is 18.1 Å². The Balaban J connectivity index is 1.90. The summed E-state index contributed by atoms with van der Waals surface area (Å²) in [6.45, 7) is 2.16. The minimum Gasteiger partial charge on any atom is -0.493 e. The van der Waals surface area contributed by atoms with Gasteiger partial charge in [0.1, 0.15) is 18.2 Å². The predicted octanol–water partition coefficient (Wildman–Crippen LogP) is 4.17. The number of hydrogen-bond acceptors (Lipinski definition) is 6. The Morgan fingerprint density at radius 2 is 1.79 bits per heavy atom. The van der Waals surface area contributed by atoms with E-state index in [0.29, 0.717) is 34.3 Å². The van der Waals surface area contributed by atoms with Crippen molar-refractivity contribution in [1.29, 1.82) is 5.26 Å². The van der Waals surface area contributed by atoms with Crippen LogP contribution in [-0.2, 0) is 20.9 Å². The van der Waals surface area contributed by atoms with E-state index in [9.17, 15) is 14.9 Å². The van der Waals surface area contributed by atoms with Gasteiger partial charge in [-0.15, -0.1) is 0 Å². The minimum absolute atomic E-state index is 0.0603. The molecule has 0 unspecified atom stereocenters. The van der Waals surface area contributed by atoms with Crippen LogP contribution >= 0.6 is 11.6 Å². The summed E-state index contributed by atoms with van der Waals surface area (Å²) in [5.41, 5.74) is 2.15. The lowest BCUT2D eigenvalue weighted by molar-refractivity contribution is -0.141. The number of methoxy groups -OCH3 is 2. The van der Waals surface area contributed by atoms with Crippen LogP contribution in [0, 0.1) is 11.3 Å². The Morgan fingerprint density at radius 3 is 2.42 bits per heavy atom. The molecular formula is C25H23ClN2O5. The lowest BCUT2D eigenvalue weighted by atomic mass is 9.93. The fraction of sp³-hybridized carbons (Fsp3) is 0.240. The predicted molar refractivity (Wildman–Crippen MR) is 124 cm³/mol. The Labute approximate surface area is 197 Å². The second kappa shape index (κ2) is 10.8. The van der Waals surface area contributed by atoms with Gasteiger partial charge in [0.05, 0.1) is 20.3 Å². The standard InChI is InChI=1S/C25H23ClN2O5/c1-16-20(24(29)28(10-11-31-2)25(30)21(16)14-27)12-18-6-9-22(23(13-18)32-3)33-15-17-4-7-19(26)8-5-17/h4-9,12-13H,10-11,15H2,1-3H3/b20-12+. The van der Waals surface area contributed by atoms with Crippen molar-refractivity contribution in [3.8, 4) is 17.6 Å². The van der Waals surface area contributed by atoms with E-state index in [1.807, 2.05) is 18.2 Å². The van der Waals surface area contributed by atoms with Crippen molar-refractivity contribution in [3.63, 3.8) is 0 Å². The highest BCUT2D eigenvalue weighted by Gasteiger charge is 2.35. The van der Waals surface area contributed by atoms with Crippen molar-refractivity contribution in [2.24, 2.45) is 0 Å². The van der Waals surface area contributed by atoms with E-state index >= 15 is 0 Å². The Morgan fingerprint density at radius 1 is 1.06 bits per heavy atom. The van der Waals surface area contributed by atoms with Crippen LogP contribution < -0.4 is 9.47 Å². The summed E-state index contributed by atoms with van der Waals surface area (Å²) >= 11 is 5.92. The van der Waals surface area contributed by atoms with Crippen molar-refractivity contribution in [3.05, 3.63) is 75.3 Å². The topological polar surface area (TPSA) is 88.9 Å². The third-order valence-electron chi connectivity index (χ3n) is 5.15. The number of hydrogen-bond donors (Lipinski definition) is 0. The molecule has 0 bridgehead atoms. The Hall–Kier alpha value is -3.60. The molecule has 0 saturated carbocycles. The molecule has 3 rings (SSSR count). The van der Waals surface area contributed by atoms with Gasteiger partial charge in [0.2, 0.25) is 0 Å². The molecule has 33 heavy (non-hydrogen) atoms. The normalized spacial score (nSPS) is 15.1. The zero-order chi connectivity index (χ0) is 24.0. The SMILES string of the molecule is COCCN1C(=O)C(C#N)=C(C)/C(=C\c2ccc(OCc3ccc(Cl)cc3)c(OC)c2)C1=O. The Kier molecular flexibility index (Phi) is 7.88. The molecule has 1 aliphatic rings. The summed E-state index contributed by atoms with van der Waals surface area (Å²) < 4.78 is 16.3. The van der Waals surface area contributed by atoms with Crippen molar-refractivity contribution < 1.29 is 23.8 Å². The molecule has 0 radical (unpaired) electrons. The maximum atomic E-state index is 13.0. The highest BCUT2D eigenvalue weighted by molar-refractivity contribution is 6.30. The molecule has 2 amide bonds. The van der Waals surface area contributed by atoms with Crippen LogP contribution in [0.15, 0.2) is 59.2 Å². The number of nitriles is 1. The van der Waals surface area contributed by atoms with Gasteiger partial charge in [0.25, 0.3) is 11.8 Å². The van der Waals surface area contributed by atoms with Gasteiger partial charge in [-0.05, 0) is 54.0 Å². The first-order valence-electron chi connectivity index (χ1n) is 10.1. The first kappa shape index (κ1) is 24.1. The van der Waals surface area contributed by atoms with Gasteiger partial charge in [0, 0.05) is 17.7 Å². The molecule has 0 aromatic heterocycles. The average Bonchev–Trinajstić information content (AvgIpc) is 2.82. The average molecular weight is 467 g/mol. The monoisotopic (exact) mass is 466 g/mol. The molecule has 2 aromatic rings. The van der Waals surface area contributed by atoms with Gasteiger partial charge in [-0.2, -0.15) is 5.26 Å². The quantitative estimate of drug-likeness (QED) is 0.428. The van der Waals surface area contributed by atoms with E-state index in [-0.39, 0.29) is 24.3 Å². The largest absolute Gasteiger partial charge is 0.493 e. The maximum absolute atomic E-state index is 13.0.